The number of rotatable bonds is 5. The van der Waals surface area contributed by atoms with Crippen molar-refractivity contribution >= 4 is 29.0 Å². The Morgan fingerprint density at radius 3 is 2.30 bits per heavy atom. The summed E-state index contributed by atoms with van der Waals surface area (Å²) >= 11 is 5.94. The van der Waals surface area contributed by atoms with E-state index in [9.17, 15) is 4.79 Å². The second-order valence-corrected chi connectivity index (χ2v) is 7.70. The molecule has 0 unspecified atom stereocenters. The van der Waals surface area contributed by atoms with Gasteiger partial charge < -0.3 is 15.0 Å². The zero-order chi connectivity index (χ0) is 20.9. The molecule has 0 saturated carbocycles. The fourth-order valence-electron chi connectivity index (χ4n) is 3.56. The summed E-state index contributed by atoms with van der Waals surface area (Å²) in [7, 11) is 1.62. The highest BCUT2D eigenvalue weighted by molar-refractivity contribution is 6.30. The largest absolute Gasteiger partial charge is 0.497 e. The minimum absolute atomic E-state index is 0.00958. The average Bonchev–Trinajstić information content (AvgIpc) is 2.80. The van der Waals surface area contributed by atoms with Crippen LogP contribution >= 0.6 is 11.6 Å². The number of anilines is 2. The molecule has 1 N–H and O–H groups in total. The van der Waals surface area contributed by atoms with Gasteiger partial charge in [0.05, 0.1) is 12.8 Å². The number of aromatic nitrogens is 2. The van der Waals surface area contributed by atoms with Crippen LogP contribution in [0.2, 0.25) is 5.02 Å². The maximum atomic E-state index is 12.6. The Balaban J connectivity index is 1.32. The second-order valence-electron chi connectivity index (χ2n) is 7.26. The predicted molar refractivity (Wildman–Crippen MR) is 119 cm³/mol. The first-order chi connectivity index (χ1) is 14.6. The summed E-state index contributed by atoms with van der Waals surface area (Å²) in [6, 6.07) is 18.9. The topological polar surface area (TPSA) is 67.3 Å². The molecule has 1 amide bonds. The minimum atomic E-state index is -0.00958. The number of carbonyl (C=O) groups excluding carboxylic acids is 1. The molecule has 1 fully saturated rings. The van der Waals surface area contributed by atoms with Gasteiger partial charge in [0, 0.05) is 35.3 Å². The number of methoxy groups -OCH3 is 1. The van der Waals surface area contributed by atoms with Crippen LogP contribution in [0.15, 0.2) is 60.7 Å². The van der Waals surface area contributed by atoms with E-state index in [0.717, 1.165) is 54.4 Å². The van der Waals surface area contributed by atoms with Crippen molar-refractivity contribution in [1.82, 2.24) is 10.2 Å². The van der Waals surface area contributed by atoms with E-state index >= 15 is 0 Å². The van der Waals surface area contributed by atoms with Crippen LogP contribution in [0.25, 0.3) is 11.3 Å². The van der Waals surface area contributed by atoms with E-state index < -0.39 is 0 Å². The van der Waals surface area contributed by atoms with Crippen LogP contribution in [-0.2, 0) is 4.79 Å². The lowest BCUT2D eigenvalue weighted by atomic mass is 9.95. The quantitative estimate of drug-likeness (QED) is 0.647. The molecule has 7 heteroatoms. The number of nitrogens with zero attached hydrogens (tertiary/aromatic N) is 3. The summed E-state index contributed by atoms with van der Waals surface area (Å²) in [5, 5.41) is 12.4. The van der Waals surface area contributed by atoms with Crippen molar-refractivity contribution in [3.8, 4) is 17.0 Å². The van der Waals surface area contributed by atoms with Gasteiger partial charge in [-0.1, -0.05) is 23.7 Å². The molecule has 2 heterocycles. The molecule has 4 rings (SSSR count). The highest BCUT2D eigenvalue weighted by Gasteiger charge is 2.26. The first kappa shape index (κ1) is 20.2. The molecule has 6 nitrogen and oxygen atoms in total. The predicted octanol–water partition coefficient (Wildman–Crippen LogP) is 4.66. The van der Waals surface area contributed by atoms with Gasteiger partial charge in [0.15, 0.2) is 5.82 Å². The molecular weight excluding hydrogens is 400 g/mol. The molecule has 1 aliphatic heterocycles. The molecular formula is C23H23ClN4O2. The van der Waals surface area contributed by atoms with Gasteiger partial charge in [0.1, 0.15) is 5.75 Å². The maximum absolute atomic E-state index is 12.6. The molecule has 0 aliphatic carbocycles. The summed E-state index contributed by atoms with van der Waals surface area (Å²) in [6.07, 6.45) is 1.56. The van der Waals surface area contributed by atoms with Crippen LogP contribution < -0.4 is 15.0 Å². The highest BCUT2D eigenvalue weighted by atomic mass is 35.5. The molecule has 1 aromatic heterocycles. The van der Waals surface area contributed by atoms with Crippen molar-refractivity contribution in [2.45, 2.75) is 12.8 Å². The fourth-order valence-corrected chi connectivity index (χ4v) is 3.68. The Labute approximate surface area is 180 Å². The smallest absolute Gasteiger partial charge is 0.227 e. The zero-order valence-electron chi connectivity index (χ0n) is 16.7. The van der Waals surface area contributed by atoms with E-state index in [1.807, 2.05) is 60.7 Å². The minimum Gasteiger partial charge on any atom is -0.497 e. The molecule has 2 aromatic carbocycles. The summed E-state index contributed by atoms with van der Waals surface area (Å²) in [4.78, 5) is 14.8. The molecule has 0 radical (unpaired) electrons. The third kappa shape index (κ3) is 4.71. The van der Waals surface area contributed by atoms with E-state index in [1.165, 1.54) is 0 Å². The van der Waals surface area contributed by atoms with Gasteiger partial charge in [-0.25, -0.2) is 0 Å². The van der Waals surface area contributed by atoms with E-state index in [2.05, 4.69) is 20.4 Å². The number of piperidine rings is 1. The van der Waals surface area contributed by atoms with Crippen molar-refractivity contribution in [3.63, 3.8) is 0 Å². The number of hydrogen-bond donors (Lipinski definition) is 1. The van der Waals surface area contributed by atoms with Gasteiger partial charge in [-0.05, 0) is 61.4 Å². The van der Waals surface area contributed by atoms with Gasteiger partial charge >= 0.3 is 0 Å². The first-order valence-corrected chi connectivity index (χ1v) is 10.3. The van der Waals surface area contributed by atoms with Crippen molar-refractivity contribution in [3.05, 3.63) is 65.7 Å². The standard InChI is InChI=1S/C23H23ClN4O2/c1-30-20-8-6-19(7-9-20)25-23(29)17-12-14-28(15-13-17)22-11-10-21(26-27-22)16-2-4-18(24)5-3-16/h2-11,17H,12-15H2,1H3,(H,25,29). The number of benzene rings is 2. The second kappa shape index (κ2) is 9.13. The Kier molecular flexibility index (Phi) is 6.14. The highest BCUT2D eigenvalue weighted by Crippen LogP contribution is 2.25. The zero-order valence-corrected chi connectivity index (χ0v) is 17.5. The van der Waals surface area contributed by atoms with Crippen molar-refractivity contribution in [1.29, 1.82) is 0 Å². The number of nitrogens with one attached hydrogen (secondary N) is 1. The van der Waals surface area contributed by atoms with Crippen LogP contribution in [0, 0.1) is 5.92 Å². The Morgan fingerprint density at radius 2 is 1.70 bits per heavy atom. The Hall–Kier alpha value is -3.12. The van der Waals surface area contributed by atoms with Crippen LogP contribution in [0.1, 0.15) is 12.8 Å². The molecule has 154 valence electrons. The number of amides is 1. The molecule has 0 atom stereocenters. The Bertz CT molecular complexity index is 983. The van der Waals surface area contributed by atoms with E-state index in [-0.39, 0.29) is 11.8 Å². The van der Waals surface area contributed by atoms with Gasteiger partial charge in [-0.3, -0.25) is 4.79 Å². The van der Waals surface area contributed by atoms with Crippen molar-refractivity contribution < 1.29 is 9.53 Å². The normalized spacial score (nSPS) is 14.4. The van der Waals surface area contributed by atoms with Crippen LogP contribution in [0.5, 0.6) is 5.75 Å². The molecule has 0 spiro atoms. The summed E-state index contributed by atoms with van der Waals surface area (Å²) in [5.41, 5.74) is 2.57. The number of carbonyl (C=O) groups is 1. The number of halogens is 1. The third-order valence-corrected chi connectivity index (χ3v) is 5.59. The molecule has 3 aromatic rings. The first-order valence-electron chi connectivity index (χ1n) is 9.92. The lowest BCUT2D eigenvalue weighted by molar-refractivity contribution is -0.120. The third-order valence-electron chi connectivity index (χ3n) is 5.34. The molecule has 30 heavy (non-hydrogen) atoms. The SMILES string of the molecule is COc1ccc(NC(=O)C2CCN(c3ccc(-c4ccc(Cl)cc4)nn3)CC2)cc1. The van der Waals surface area contributed by atoms with E-state index in [4.69, 9.17) is 16.3 Å². The van der Waals surface area contributed by atoms with Gasteiger partial charge in [0.2, 0.25) is 5.91 Å². The van der Waals surface area contributed by atoms with Crippen molar-refractivity contribution in [2.24, 2.45) is 5.92 Å². The van der Waals surface area contributed by atoms with Crippen molar-refractivity contribution in [2.75, 3.05) is 30.4 Å². The Morgan fingerprint density at radius 1 is 1.00 bits per heavy atom. The monoisotopic (exact) mass is 422 g/mol. The lowest BCUT2D eigenvalue weighted by Crippen LogP contribution is -2.38. The van der Waals surface area contributed by atoms with Crippen LogP contribution in [-0.4, -0.2) is 36.3 Å². The fraction of sp³-hybridized carbons (Fsp3) is 0.261. The van der Waals surface area contributed by atoms with Crippen LogP contribution in [0.3, 0.4) is 0 Å². The summed E-state index contributed by atoms with van der Waals surface area (Å²) in [5.74, 6) is 1.65. The van der Waals surface area contributed by atoms with Crippen LogP contribution in [0.4, 0.5) is 11.5 Å². The lowest BCUT2D eigenvalue weighted by Gasteiger charge is -2.31. The van der Waals surface area contributed by atoms with Gasteiger partial charge in [-0.2, -0.15) is 0 Å². The molecule has 1 aliphatic rings. The van der Waals surface area contributed by atoms with Gasteiger partial charge in [-0.15, -0.1) is 10.2 Å². The number of hydrogen-bond acceptors (Lipinski definition) is 5. The van der Waals surface area contributed by atoms with E-state index in [1.54, 1.807) is 7.11 Å². The summed E-state index contributed by atoms with van der Waals surface area (Å²) in [6.45, 7) is 1.55. The molecule has 1 saturated heterocycles. The maximum Gasteiger partial charge on any atom is 0.227 e. The van der Waals surface area contributed by atoms with E-state index in [0.29, 0.717) is 5.02 Å². The summed E-state index contributed by atoms with van der Waals surface area (Å²) < 4.78 is 5.15. The average molecular weight is 423 g/mol. The molecule has 0 bridgehead atoms. The number of ether oxygens (including phenoxy) is 1. The van der Waals surface area contributed by atoms with Gasteiger partial charge in [0.25, 0.3) is 0 Å².